The summed E-state index contributed by atoms with van der Waals surface area (Å²) in [4.78, 5) is 40.8. The Morgan fingerprint density at radius 3 is 2.52 bits per heavy atom. The van der Waals surface area contributed by atoms with Gasteiger partial charge in [0.2, 0.25) is 5.91 Å². The standard InChI is InChI=1S/C32H43ClN2O4S/c1-4-10-30(36)35(22-25-12-6-5-7-13-25)19-17-24-15-16-27(28(21-24)26-14-9-8-11-23(26)2)31(37)34-29(18-20-40-3)32(38)39-33/h8-9,11,14-16,21,25,29H,4-7,10,12-13,17-20,22H2,1-3H3,(H,34,37). The summed E-state index contributed by atoms with van der Waals surface area (Å²) >= 11 is 6.93. The number of carbonyl (C=O) groups excluding carboxylic acids is 3. The Labute approximate surface area is 248 Å². The summed E-state index contributed by atoms with van der Waals surface area (Å²) in [7, 11) is 0. The lowest BCUT2D eigenvalue weighted by Crippen LogP contribution is -2.41. The number of rotatable bonds is 14. The minimum absolute atomic E-state index is 0.227. The fourth-order valence-corrected chi connectivity index (χ4v) is 6.03. The first-order chi connectivity index (χ1) is 19.4. The molecule has 0 aliphatic heterocycles. The molecule has 1 saturated carbocycles. The predicted molar refractivity (Wildman–Crippen MR) is 165 cm³/mol. The molecular formula is C32H43ClN2O4S. The summed E-state index contributed by atoms with van der Waals surface area (Å²) < 4.78 is 4.42. The van der Waals surface area contributed by atoms with E-state index >= 15 is 0 Å². The van der Waals surface area contributed by atoms with Gasteiger partial charge in [0.25, 0.3) is 5.91 Å². The number of halogens is 1. The second-order valence-corrected chi connectivity index (χ2v) is 11.9. The number of nitrogens with one attached hydrogen (secondary N) is 1. The van der Waals surface area contributed by atoms with Crippen LogP contribution >= 0.6 is 23.6 Å². The lowest BCUT2D eigenvalue weighted by Gasteiger charge is -2.30. The molecular weight excluding hydrogens is 544 g/mol. The van der Waals surface area contributed by atoms with Gasteiger partial charge in [0.15, 0.2) is 0 Å². The molecule has 8 heteroatoms. The van der Waals surface area contributed by atoms with Crippen molar-refractivity contribution in [3.05, 3.63) is 59.2 Å². The van der Waals surface area contributed by atoms with Crippen molar-refractivity contribution >= 4 is 41.4 Å². The van der Waals surface area contributed by atoms with Crippen molar-refractivity contribution in [3.63, 3.8) is 0 Å². The van der Waals surface area contributed by atoms with Crippen LogP contribution in [-0.4, -0.2) is 53.8 Å². The van der Waals surface area contributed by atoms with Crippen LogP contribution in [0.5, 0.6) is 0 Å². The van der Waals surface area contributed by atoms with E-state index in [-0.39, 0.29) is 11.8 Å². The molecule has 0 aromatic heterocycles. The third-order valence-electron chi connectivity index (χ3n) is 7.73. The van der Waals surface area contributed by atoms with Gasteiger partial charge in [0.1, 0.15) is 17.9 Å². The smallest absolute Gasteiger partial charge is 0.345 e. The van der Waals surface area contributed by atoms with Gasteiger partial charge in [-0.05, 0) is 85.3 Å². The minimum atomic E-state index is -0.834. The number of benzene rings is 2. The third-order valence-corrected chi connectivity index (χ3v) is 8.53. The Bertz CT molecular complexity index is 1140. The topological polar surface area (TPSA) is 75.7 Å². The van der Waals surface area contributed by atoms with Crippen LogP contribution in [0.4, 0.5) is 0 Å². The molecule has 0 saturated heterocycles. The second-order valence-electron chi connectivity index (χ2n) is 10.7. The normalized spacial score (nSPS) is 14.4. The highest BCUT2D eigenvalue weighted by molar-refractivity contribution is 7.98. The number of hydrogen-bond acceptors (Lipinski definition) is 5. The van der Waals surface area contributed by atoms with E-state index in [4.69, 9.17) is 11.9 Å². The minimum Gasteiger partial charge on any atom is -0.345 e. The van der Waals surface area contributed by atoms with Crippen molar-refractivity contribution in [1.82, 2.24) is 10.2 Å². The molecule has 2 aromatic carbocycles. The molecule has 1 atom stereocenters. The van der Waals surface area contributed by atoms with Crippen molar-refractivity contribution in [1.29, 1.82) is 0 Å². The summed E-state index contributed by atoms with van der Waals surface area (Å²) in [6.07, 6.45) is 10.7. The third kappa shape index (κ3) is 9.27. The van der Waals surface area contributed by atoms with Gasteiger partial charge in [-0.15, -0.1) is 0 Å². The van der Waals surface area contributed by atoms with Gasteiger partial charge < -0.3 is 14.5 Å². The van der Waals surface area contributed by atoms with E-state index in [2.05, 4.69) is 20.6 Å². The van der Waals surface area contributed by atoms with Gasteiger partial charge >= 0.3 is 5.97 Å². The Morgan fingerprint density at radius 1 is 1.10 bits per heavy atom. The average Bonchev–Trinajstić information content (AvgIpc) is 2.97. The lowest BCUT2D eigenvalue weighted by atomic mass is 9.88. The highest BCUT2D eigenvalue weighted by Crippen LogP contribution is 2.29. The fraction of sp³-hybridized carbons (Fsp3) is 0.531. The Morgan fingerprint density at radius 2 is 1.85 bits per heavy atom. The number of aryl methyl sites for hydroxylation is 1. The van der Waals surface area contributed by atoms with Crippen LogP contribution in [0.1, 0.15) is 79.8 Å². The van der Waals surface area contributed by atoms with Crippen LogP contribution in [-0.2, 0) is 20.3 Å². The zero-order chi connectivity index (χ0) is 28.9. The number of thioether (sulfide) groups is 1. The van der Waals surface area contributed by atoms with E-state index < -0.39 is 12.0 Å². The molecule has 1 aliphatic carbocycles. The molecule has 0 bridgehead atoms. The molecule has 6 nitrogen and oxygen atoms in total. The van der Waals surface area contributed by atoms with E-state index in [0.29, 0.717) is 43.0 Å². The highest BCUT2D eigenvalue weighted by atomic mass is 35.5. The maximum Gasteiger partial charge on any atom is 0.346 e. The molecule has 0 spiro atoms. The molecule has 2 amide bonds. The van der Waals surface area contributed by atoms with Gasteiger partial charge in [-0.3, -0.25) is 9.59 Å². The van der Waals surface area contributed by atoms with Crippen LogP contribution in [0.2, 0.25) is 0 Å². The van der Waals surface area contributed by atoms with Gasteiger partial charge in [0, 0.05) is 25.1 Å². The zero-order valence-electron chi connectivity index (χ0n) is 24.0. The first-order valence-corrected chi connectivity index (χ1v) is 16.2. The van der Waals surface area contributed by atoms with Crippen LogP contribution in [0.3, 0.4) is 0 Å². The van der Waals surface area contributed by atoms with E-state index in [9.17, 15) is 14.4 Å². The molecule has 3 rings (SSSR count). The maximum absolute atomic E-state index is 13.5. The Hall–Kier alpha value is -2.51. The number of hydrogen-bond donors (Lipinski definition) is 1. The summed E-state index contributed by atoms with van der Waals surface area (Å²) in [5.41, 5.74) is 4.35. The molecule has 40 heavy (non-hydrogen) atoms. The molecule has 1 fully saturated rings. The molecule has 1 aliphatic rings. The van der Waals surface area contributed by atoms with Gasteiger partial charge in [0.05, 0.1) is 0 Å². The second kappa shape index (κ2) is 16.7. The Balaban J connectivity index is 1.86. The molecule has 2 aromatic rings. The van der Waals surface area contributed by atoms with Gasteiger partial charge in [-0.2, -0.15) is 11.8 Å². The summed E-state index contributed by atoms with van der Waals surface area (Å²) in [5.74, 6) is 0.463. The number of amides is 2. The Kier molecular flexibility index (Phi) is 13.3. The van der Waals surface area contributed by atoms with Gasteiger partial charge in [-0.25, -0.2) is 4.79 Å². The van der Waals surface area contributed by atoms with Crippen LogP contribution in [0.25, 0.3) is 11.1 Å². The van der Waals surface area contributed by atoms with E-state index in [1.807, 2.05) is 56.5 Å². The molecule has 1 N–H and O–H groups in total. The van der Waals surface area contributed by atoms with E-state index in [1.54, 1.807) is 11.8 Å². The summed E-state index contributed by atoms with van der Waals surface area (Å²) in [5, 5.41) is 2.83. The van der Waals surface area contributed by atoms with Crippen molar-refractivity contribution in [2.24, 2.45) is 5.92 Å². The van der Waals surface area contributed by atoms with Crippen molar-refractivity contribution in [2.45, 2.75) is 77.7 Å². The summed E-state index contributed by atoms with van der Waals surface area (Å²) in [6, 6.07) is 12.9. The molecule has 1 unspecified atom stereocenters. The van der Waals surface area contributed by atoms with Crippen LogP contribution in [0, 0.1) is 12.8 Å². The van der Waals surface area contributed by atoms with Crippen LogP contribution in [0.15, 0.2) is 42.5 Å². The van der Waals surface area contributed by atoms with E-state index in [0.717, 1.165) is 35.2 Å². The number of nitrogens with zero attached hydrogens (tertiary/aromatic N) is 1. The van der Waals surface area contributed by atoms with Gasteiger partial charge in [-0.1, -0.05) is 62.6 Å². The molecule has 218 valence electrons. The van der Waals surface area contributed by atoms with Crippen molar-refractivity contribution < 1.29 is 18.7 Å². The molecule has 0 radical (unpaired) electrons. The first-order valence-electron chi connectivity index (χ1n) is 14.5. The largest absolute Gasteiger partial charge is 0.346 e. The molecule has 0 heterocycles. The van der Waals surface area contributed by atoms with Crippen molar-refractivity contribution in [3.8, 4) is 11.1 Å². The van der Waals surface area contributed by atoms with Crippen molar-refractivity contribution in [2.75, 3.05) is 25.1 Å². The zero-order valence-corrected chi connectivity index (χ0v) is 25.6. The average molecular weight is 587 g/mol. The lowest BCUT2D eigenvalue weighted by molar-refractivity contribution is -0.136. The van der Waals surface area contributed by atoms with E-state index in [1.165, 1.54) is 32.1 Å². The number of carbonyl (C=O) groups is 3. The fourth-order valence-electron chi connectivity index (χ4n) is 5.45. The maximum atomic E-state index is 13.5. The highest BCUT2D eigenvalue weighted by Gasteiger charge is 2.25. The summed E-state index contributed by atoms with van der Waals surface area (Å²) in [6.45, 7) is 5.56. The monoisotopic (exact) mass is 586 g/mol. The van der Waals surface area contributed by atoms with Crippen LogP contribution < -0.4 is 5.32 Å². The first kappa shape index (κ1) is 32.0. The predicted octanol–water partition coefficient (Wildman–Crippen LogP) is 6.96. The quantitative estimate of drug-likeness (QED) is 0.259. The SMILES string of the molecule is CCCC(=O)N(CCc1ccc(C(=O)NC(CCSC)C(=O)OCl)c(-c2ccccc2C)c1)CC1CCCCC1.